The molecule has 0 rings (SSSR count). The quantitative estimate of drug-likeness (QED) is 0.508. The number of nitrogens with two attached hydrogens (primary N) is 1. The average molecular weight is 187 g/mol. The van der Waals surface area contributed by atoms with Crippen molar-refractivity contribution in [2.24, 2.45) is 5.73 Å². The molecule has 0 atom stereocenters. The first-order valence-electron chi connectivity index (χ1n) is 2.96. The Balaban J connectivity index is 0. The van der Waals surface area contributed by atoms with E-state index in [-0.39, 0.29) is 0 Å². The number of carbonyl (C=O) groups is 3. The Hall–Kier alpha value is -2.11. The molecule has 4 N–H and O–H groups in total. The Kier molecular flexibility index (Phi) is 8.28. The second-order valence-corrected chi connectivity index (χ2v) is 1.62. The van der Waals surface area contributed by atoms with E-state index in [1.54, 1.807) is 0 Å². The van der Waals surface area contributed by atoms with E-state index < -0.39 is 17.8 Å². The minimum Gasteiger partial charge on any atom is -0.478 e. The third-order valence-electron chi connectivity index (χ3n) is 0.565. The molecule has 0 radical (unpaired) electrons. The fraction of sp³-hybridized carbons (Fsp3) is 0. The molecule has 0 aliphatic heterocycles. The summed E-state index contributed by atoms with van der Waals surface area (Å²) in [6, 6.07) is 0. The zero-order valence-corrected chi connectivity index (χ0v) is 6.64. The Morgan fingerprint density at radius 1 is 1.08 bits per heavy atom. The van der Waals surface area contributed by atoms with Crippen molar-refractivity contribution in [1.29, 1.82) is 0 Å². The molecule has 6 heteroatoms. The Labute approximate surface area is 74.0 Å². The number of amides is 1. The first-order valence-corrected chi connectivity index (χ1v) is 2.96. The van der Waals surface area contributed by atoms with Gasteiger partial charge in [0.05, 0.1) is 0 Å². The van der Waals surface area contributed by atoms with Crippen molar-refractivity contribution in [1.82, 2.24) is 0 Å². The standard InChI is InChI=1S/C4H5NO3.C3H4O2/c5-3(6)1-2-4(7)8;1-2-3(4)5/h1-2H,(H2,5,6)(H,7,8);2H,1H2,(H,4,5)/b2-1-;. The molecule has 0 aromatic heterocycles. The van der Waals surface area contributed by atoms with Crippen molar-refractivity contribution in [2.45, 2.75) is 0 Å². The molecule has 0 saturated carbocycles. The smallest absolute Gasteiger partial charge is 0.328 e. The summed E-state index contributed by atoms with van der Waals surface area (Å²) < 4.78 is 0. The van der Waals surface area contributed by atoms with E-state index in [9.17, 15) is 14.4 Å². The number of hydrogen-bond donors (Lipinski definition) is 3. The number of rotatable bonds is 3. The van der Waals surface area contributed by atoms with Crippen molar-refractivity contribution in [3.05, 3.63) is 24.8 Å². The number of hydrogen-bond acceptors (Lipinski definition) is 3. The molecule has 13 heavy (non-hydrogen) atoms. The van der Waals surface area contributed by atoms with E-state index in [2.05, 4.69) is 12.3 Å². The van der Waals surface area contributed by atoms with Crippen molar-refractivity contribution in [3.8, 4) is 0 Å². The first kappa shape index (κ1) is 13.5. The van der Waals surface area contributed by atoms with Crippen LogP contribution in [0.2, 0.25) is 0 Å². The molecule has 72 valence electrons. The van der Waals surface area contributed by atoms with E-state index >= 15 is 0 Å². The van der Waals surface area contributed by atoms with Gasteiger partial charge in [-0.1, -0.05) is 6.58 Å². The van der Waals surface area contributed by atoms with Gasteiger partial charge in [-0.2, -0.15) is 0 Å². The number of aliphatic carboxylic acids is 2. The molecule has 1 amide bonds. The van der Waals surface area contributed by atoms with Crippen LogP contribution in [0.5, 0.6) is 0 Å². The molecule has 0 spiro atoms. The highest BCUT2D eigenvalue weighted by Gasteiger charge is 1.86. The fourth-order valence-electron chi connectivity index (χ4n) is 0.153. The number of carboxylic acid groups (broad SMARTS) is 2. The third kappa shape index (κ3) is 25.7. The van der Waals surface area contributed by atoms with Crippen LogP contribution < -0.4 is 5.73 Å². The van der Waals surface area contributed by atoms with Gasteiger partial charge in [0.1, 0.15) is 0 Å². The van der Waals surface area contributed by atoms with Crippen molar-refractivity contribution in [3.63, 3.8) is 0 Å². The molecular weight excluding hydrogens is 178 g/mol. The van der Waals surface area contributed by atoms with Crippen LogP contribution in [-0.2, 0) is 14.4 Å². The predicted molar refractivity (Wildman–Crippen MR) is 43.8 cm³/mol. The van der Waals surface area contributed by atoms with Gasteiger partial charge in [0.25, 0.3) is 0 Å². The van der Waals surface area contributed by atoms with E-state index in [1.807, 2.05) is 0 Å². The predicted octanol–water partition coefficient (Wildman–Crippen LogP) is -0.630. The Bertz CT molecular complexity index is 227. The maximum atomic E-state index is 9.78. The van der Waals surface area contributed by atoms with E-state index in [4.69, 9.17) is 10.2 Å². The lowest BCUT2D eigenvalue weighted by atomic mass is 10.5. The van der Waals surface area contributed by atoms with Gasteiger partial charge in [-0.25, -0.2) is 9.59 Å². The van der Waals surface area contributed by atoms with Gasteiger partial charge >= 0.3 is 11.9 Å². The third-order valence-corrected chi connectivity index (χ3v) is 0.565. The van der Waals surface area contributed by atoms with Gasteiger partial charge in [0, 0.05) is 18.2 Å². The van der Waals surface area contributed by atoms with Gasteiger partial charge < -0.3 is 15.9 Å². The highest BCUT2D eigenvalue weighted by molar-refractivity contribution is 5.92. The molecule has 0 unspecified atom stereocenters. The minimum absolute atomic E-state index is 0.683. The van der Waals surface area contributed by atoms with Crippen LogP contribution in [0, 0.1) is 0 Å². The molecule has 0 saturated heterocycles. The normalized spacial score (nSPS) is 8.31. The lowest BCUT2D eigenvalue weighted by Crippen LogP contribution is -2.06. The summed E-state index contributed by atoms with van der Waals surface area (Å²) in [4.78, 5) is 28.6. The molecule has 0 aromatic carbocycles. The largest absolute Gasteiger partial charge is 0.478 e. The number of carbonyl (C=O) groups excluding carboxylic acids is 1. The molecular formula is C7H9NO5. The molecule has 0 aromatic rings. The monoisotopic (exact) mass is 187 g/mol. The van der Waals surface area contributed by atoms with Crippen molar-refractivity contribution < 1.29 is 24.6 Å². The second-order valence-electron chi connectivity index (χ2n) is 1.62. The number of carboxylic acids is 2. The van der Waals surface area contributed by atoms with Crippen LogP contribution in [0.25, 0.3) is 0 Å². The zero-order valence-electron chi connectivity index (χ0n) is 6.64. The summed E-state index contributed by atoms with van der Waals surface area (Å²) in [5.74, 6) is -2.92. The zero-order chi connectivity index (χ0) is 10.9. The van der Waals surface area contributed by atoms with Crippen LogP contribution in [0.4, 0.5) is 0 Å². The average Bonchev–Trinajstić information content (AvgIpc) is 2.02. The Morgan fingerprint density at radius 2 is 1.46 bits per heavy atom. The van der Waals surface area contributed by atoms with Crippen LogP contribution in [-0.4, -0.2) is 28.1 Å². The van der Waals surface area contributed by atoms with Gasteiger partial charge in [0.2, 0.25) is 5.91 Å². The maximum Gasteiger partial charge on any atom is 0.328 e. The summed E-state index contributed by atoms with van der Waals surface area (Å²) in [6.45, 7) is 2.96. The molecule has 0 heterocycles. The molecule has 6 nitrogen and oxygen atoms in total. The SMILES string of the molecule is C=CC(=O)O.NC(=O)/C=C\C(=O)O. The minimum atomic E-state index is -1.18. The molecule has 0 bridgehead atoms. The molecule has 0 aliphatic rings. The lowest BCUT2D eigenvalue weighted by Gasteiger charge is -1.75. The van der Waals surface area contributed by atoms with Crippen LogP contribution >= 0.6 is 0 Å². The molecule has 0 aliphatic carbocycles. The summed E-state index contributed by atoms with van der Waals surface area (Å²) in [7, 11) is 0. The lowest BCUT2D eigenvalue weighted by molar-refractivity contribution is -0.132. The van der Waals surface area contributed by atoms with E-state index in [0.29, 0.717) is 6.08 Å². The highest BCUT2D eigenvalue weighted by Crippen LogP contribution is 1.68. The van der Waals surface area contributed by atoms with Crippen LogP contribution in [0.15, 0.2) is 24.8 Å². The van der Waals surface area contributed by atoms with Gasteiger partial charge in [-0.3, -0.25) is 4.79 Å². The highest BCUT2D eigenvalue weighted by atomic mass is 16.4. The topological polar surface area (TPSA) is 118 Å². The Morgan fingerprint density at radius 3 is 1.54 bits per heavy atom. The summed E-state index contributed by atoms with van der Waals surface area (Å²) in [5, 5.41) is 15.5. The summed E-state index contributed by atoms with van der Waals surface area (Å²) >= 11 is 0. The van der Waals surface area contributed by atoms with E-state index in [0.717, 1.165) is 12.2 Å². The summed E-state index contributed by atoms with van der Waals surface area (Å²) in [6.07, 6.45) is 2.30. The first-order chi connectivity index (χ1) is 5.90. The molecule has 0 fully saturated rings. The maximum absolute atomic E-state index is 9.78. The van der Waals surface area contributed by atoms with Crippen molar-refractivity contribution >= 4 is 17.8 Å². The van der Waals surface area contributed by atoms with Gasteiger partial charge in [-0.15, -0.1) is 0 Å². The van der Waals surface area contributed by atoms with E-state index in [1.165, 1.54) is 0 Å². The fourth-order valence-corrected chi connectivity index (χ4v) is 0.153. The van der Waals surface area contributed by atoms with Crippen LogP contribution in [0.1, 0.15) is 0 Å². The second kappa shape index (κ2) is 7.99. The van der Waals surface area contributed by atoms with Crippen LogP contribution in [0.3, 0.4) is 0 Å². The number of primary amides is 1. The summed E-state index contributed by atoms with van der Waals surface area (Å²) in [5.41, 5.74) is 4.55. The van der Waals surface area contributed by atoms with Crippen molar-refractivity contribution in [2.75, 3.05) is 0 Å². The van der Waals surface area contributed by atoms with Gasteiger partial charge in [-0.05, 0) is 0 Å². The van der Waals surface area contributed by atoms with Gasteiger partial charge in [0.15, 0.2) is 0 Å².